The number of carbonyl (C=O) groups excluding carboxylic acids is 1. The van der Waals surface area contributed by atoms with Crippen LogP contribution in [0, 0.1) is 0 Å². The number of rotatable bonds is 8. The Labute approximate surface area is 132 Å². The number of carbonyl (C=O) groups is 2. The van der Waals surface area contributed by atoms with Crippen LogP contribution < -0.4 is 10.6 Å². The second-order valence-electron chi connectivity index (χ2n) is 5.09. The van der Waals surface area contributed by atoms with E-state index in [1.54, 1.807) is 25.6 Å². The number of hydrogen-bond acceptors (Lipinski definition) is 6. The molecule has 0 unspecified atom stereocenters. The van der Waals surface area contributed by atoms with Crippen LogP contribution in [-0.4, -0.2) is 37.8 Å². The number of thioether (sulfide) groups is 1. The second-order valence-corrected chi connectivity index (χ2v) is 6.90. The SMILES string of the molecule is CCCSc1nsc(NC(=O)NC(C)(C)CCC(=O)O)n1. The van der Waals surface area contributed by atoms with E-state index < -0.39 is 17.5 Å². The lowest BCUT2D eigenvalue weighted by Gasteiger charge is -2.25. The van der Waals surface area contributed by atoms with E-state index >= 15 is 0 Å². The van der Waals surface area contributed by atoms with Crippen molar-refractivity contribution in [3.63, 3.8) is 0 Å². The Hall–Kier alpha value is -1.35. The second kappa shape index (κ2) is 8.18. The van der Waals surface area contributed by atoms with E-state index in [0.717, 1.165) is 23.7 Å². The summed E-state index contributed by atoms with van der Waals surface area (Å²) < 4.78 is 4.14. The lowest BCUT2D eigenvalue weighted by Crippen LogP contribution is -2.45. The molecule has 0 saturated heterocycles. The molecule has 0 fully saturated rings. The Balaban J connectivity index is 2.45. The van der Waals surface area contributed by atoms with Crippen LogP contribution in [-0.2, 0) is 4.79 Å². The number of carboxylic acids is 1. The number of nitrogens with one attached hydrogen (secondary N) is 2. The number of aromatic nitrogens is 2. The number of nitrogens with zero attached hydrogens (tertiary/aromatic N) is 2. The number of carboxylic acid groups (broad SMARTS) is 1. The maximum absolute atomic E-state index is 11.9. The number of aliphatic carboxylic acids is 1. The largest absolute Gasteiger partial charge is 0.481 e. The monoisotopic (exact) mass is 332 g/mol. The van der Waals surface area contributed by atoms with Crippen molar-refractivity contribution in [3.05, 3.63) is 0 Å². The number of urea groups is 1. The van der Waals surface area contributed by atoms with Gasteiger partial charge in [0.25, 0.3) is 0 Å². The van der Waals surface area contributed by atoms with Crippen molar-refractivity contribution in [2.45, 2.75) is 50.7 Å². The summed E-state index contributed by atoms with van der Waals surface area (Å²) in [7, 11) is 0. The van der Waals surface area contributed by atoms with Crippen LogP contribution in [0.5, 0.6) is 0 Å². The number of anilines is 1. The van der Waals surface area contributed by atoms with Crippen LogP contribution in [0.3, 0.4) is 0 Å². The molecule has 2 amide bonds. The predicted molar refractivity (Wildman–Crippen MR) is 84.0 cm³/mol. The molecule has 7 nitrogen and oxygen atoms in total. The molecule has 0 atom stereocenters. The lowest BCUT2D eigenvalue weighted by atomic mass is 9.99. The van der Waals surface area contributed by atoms with Crippen molar-refractivity contribution in [1.82, 2.24) is 14.7 Å². The van der Waals surface area contributed by atoms with Crippen LogP contribution >= 0.6 is 23.3 Å². The molecule has 1 rings (SSSR count). The molecule has 3 N–H and O–H groups in total. The van der Waals surface area contributed by atoms with Crippen molar-refractivity contribution in [3.8, 4) is 0 Å². The molecule has 1 aromatic heterocycles. The third kappa shape index (κ3) is 7.28. The van der Waals surface area contributed by atoms with E-state index in [4.69, 9.17) is 5.11 Å². The van der Waals surface area contributed by atoms with Crippen molar-refractivity contribution >= 4 is 40.4 Å². The molecule has 118 valence electrons. The molecule has 0 bridgehead atoms. The van der Waals surface area contributed by atoms with Gasteiger partial charge in [-0.3, -0.25) is 10.1 Å². The van der Waals surface area contributed by atoms with E-state index in [9.17, 15) is 9.59 Å². The highest BCUT2D eigenvalue weighted by Gasteiger charge is 2.22. The molecule has 21 heavy (non-hydrogen) atoms. The fraction of sp³-hybridized carbons (Fsp3) is 0.667. The van der Waals surface area contributed by atoms with E-state index in [1.807, 2.05) is 0 Å². The summed E-state index contributed by atoms with van der Waals surface area (Å²) in [6.07, 6.45) is 1.39. The normalized spacial score (nSPS) is 11.2. The van der Waals surface area contributed by atoms with Gasteiger partial charge in [0.15, 0.2) is 0 Å². The maximum atomic E-state index is 11.9. The molecular formula is C12H20N4O3S2. The zero-order valence-corrected chi connectivity index (χ0v) is 13.9. The third-order valence-electron chi connectivity index (χ3n) is 2.48. The van der Waals surface area contributed by atoms with E-state index in [1.165, 1.54) is 0 Å². The maximum Gasteiger partial charge on any atom is 0.321 e. The van der Waals surface area contributed by atoms with Gasteiger partial charge in [0.2, 0.25) is 10.3 Å². The minimum atomic E-state index is -0.882. The van der Waals surface area contributed by atoms with Crippen molar-refractivity contribution < 1.29 is 14.7 Å². The molecule has 0 aromatic carbocycles. The van der Waals surface area contributed by atoms with Gasteiger partial charge in [-0.1, -0.05) is 18.7 Å². The minimum absolute atomic E-state index is 0.00386. The van der Waals surface area contributed by atoms with Crippen LogP contribution in [0.25, 0.3) is 0 Å². The predicted octanol–water partition coefficient (Wildman–Crippen LogP) is 2.81. The fourth-order valence-electron chi connectivity index (χ4n) is 1.43. The average molecular weight is 332 g/mol. The van der Waals surface area contributed by atoms with Gasteiger partial charge in [0.1, 0.15) is 0 Å². The molecule has 0 aliphatic heterocycles. The van der Waals surface area contributed by atoms with Gasteiger partial charge >= 0.3 is 12.0 Å². The summed E-state index contributed by atoms with van der Waals surface area (Å²) in [5.74, 6) is 0.0527. The van der Waals surface area contributed by atoms with Gasteiger partial charge < -0.3 is 10.4 Å². The average Bonchev–Trinajstić information content (AvgIpc) is 2.81. The van der Waals surface area contributed by atoms with Crippen molar-refractivity contribution in [1.29, 1.82) is 0 Å². The molecule has 0 saturated carbocycles. The van der Waals surface area contributed by atoms with Gasteiger partial charge in [-0.15, -0.1) is 0 Å². The van der Waals surface area contributed by atoms with E-state index in [2.05, 4.69) is 26.9 Å². The summed E-state index contributed by atoms with van der Waals surface area (Å²) in [4.78, 5) is 26.6. The van der Waals surface area contributed by atoms with Gasteiger partial charge in [-0.25, -0.2) is 4.79 Å². The van der Waals surface area contributed by atoms with E-state index in [0.29, 0.717) is 16.7 Å². The van der Waals surface area contributed by atoms with Gasteiger partial charge in [0.05, 0.1) is 0 Å². The Bertz CT molecular complexity index is 491. The molecule has 0 spiro atoms. The Kier molecular flexibility index (Phi) is 6.90. The highest BCUT2D eigenvalue weighted by molar-refractivity contribution is 7.99. The Morgan fingerprint density at radius 3 is 2.76 bits per heavy atom. The van der Waals surface area contributed by atoms with Crippen molar-refractivity contribution in [2.75, 3.05) is 11.1 Å². The first-order valence-electron chi connectivity index (χ1n) is 6.60. The quantitative estimate of drug-likeness (QED) is 0.632. The Morgan fingerprint density at radius 2 is 2.14 bits per heavy atom. The summed E-state index contributed by atoms with van der Waals surface area (Å²) in [5, 5.41) is 15.1. The van der Waals surface area contributed by atoms with Crippen LogP contribution in [0.4, 0.5) is 9.93 Å². The first-order chi connectivity index (χ1) is 9.82. The number of amides is 2. The summed E-state index contributed by atoms with van der Waals surface area (Å²) in [5.41, 5.74) is -0.604. The molecule has 0 radical (unpaired) electrons. The van der Waals surface area contributed by atoms with Crippen LogP contribution in [0.1, 0.15) is 40.0 Å². The van der Waals surface area contributed by atoms with Crippen molar-refractivity contribution in [2.24, 2.45) is 0 Å². The summed E-state index contributed by atoms with van der Waals surface area (Å²) in [6, 6.07) is -0.409. The Morgan fingerprint density at radius 1 is 1.43 bits per heavy atom. The molecule has 1 aromatic rings. The fourth-order valence-corrected chi connectivity index (χ4v) is 2.82. The molecule has 9 heteroatoms. The third-order valence-corrected chi connectivity index (χ3v) is 4.28. The van der Waals surface area contributed by atoms with Gasteiger partial charge in [-0.05, 0) is 26.7 Å². The van der Waals surface area contributed by atoms with E-state index in [-0.39, 0.29) is 6.42 Å². The summed E-state index contributed by atoms with van der Waals surface area (Å²) >= 11 is 2.67. The molecule has 0 aliphatic rings. The minimum Gasteiger partial charge on any atom is -0.481 e. The lowest BCUT2D eigenvalue weighted by molar-refractivity contribution is -0.137. The standard InChI is InChI=1S/C12H20N4O3S2/c1-4-7-20-11-14-10(21-16-11)13-9(19)15-12(2,3)6-5-8(17)18/h4-7H2,1-3H3,(H,17,18)(H2,13,14,15,16,19). The highest BCUT2D eigenvalue weighted by atomic mass is 32.2. The smallest absolute Gasteiger partial charge is 0.321 e. The summed E-state index contributed by atoms with van der Waals surface area (Å²) in [6.45, 7) is 5.63. The van der Waals surface area contributed by atoms with Gasteiger partial charge in [0, 0.05) is 29.2 Å². The zero-order chi connectivity index (χ0) is 15.9. The number of hydrogen-bond donors (Lipinski definition) is 3. The first kappa shape index (κ1) is 17.7. The zero-order valence-electron chi connectivity index (χ0n) is 12.3. The molecular weight excluding hydrogens is 312 g/mol. The molecule has 1 heterocycles. The highest BCUT2D eigenvalue weighted by Crippen LogP contribution is 2.20. The first-order valence-corrected chi connectivity index (χ1v) is 8.36. The molecule has 0 aliphatic carbocycles. The van der Waals surface area contributed by atoms with Gasteiger partial charge in [-0.2, -0.15) is 9.36 Å². The van der Waals surface area contributed by atoms with Crippen LogP contribution in [0.2, 0.25) is 0 Å². The van der Waals surface area contributed by atoms with Crippen LogP contribution in [0.15, 0.2) is 5.16 Å². The topological polar surface area (TPSA) is 104 Å².